The Labute approximate surface area is 259 Å². The molecule has 228 valence electrons. The first-order valence-corrected chi connectivity index (χ1v) is 15.4. The number of amides is 1. The molecular weight excluding hydrogens is 580 g/mol. The molecule has 3 heterocycles. The second kappa shape index (κ2) is 11.8. The number of thiazole rings is 1. The summed E-state index contributed by atoms with van der Waals surface area (Å²) in [6.45, 7) is 9.52. The highest BCUT2D eigenvalue weighted by molar-refractivity contribution is 7.22. The number of benzene rings is 3. The summed E-state index contributed by atoms with van der Waals surface area (Å²) < 4.78 is 23.9. The Morgan fingerprint density at radius 1 is 1.05 bits per heavy atom. The maximum atomic E-state index is 13.8. The molecule has 1 fully saturated rings. The SMILES string of the molecule is COc1cc([C@@H]2/C(=C(\O)c3ccc4c(c3)OCCO4)C(=O)C(=O)N2c2nc3c(C)cc(C)cc3s2)ccc1OCCC(C)C. The number of ether oxygens (including phenoxy) is 4. The lowest BCUT2D eigenvalue weighted by atomic mass is 9.95. The topological polar surface area (TPSA) is 107 Å². The minimum absolute atomic E-state index is 0.0608. The van der Waals surface area contributed by atoms with Crippen LogP contribution in [0.15, 0.2) is 54.1 Å². The van der Waals surface area contributed by atoms with Gasteiger partial charge in [-0.3, -0.25) is 14.5 Å². The van der Waals surface area contributed by atoms with Crippen LogP contribution >= 0.6 is 11.3 Å². The van der Waals surface area contributed by atoms with Gasteiger partial charge in [0.1, 0.15) is 19.0 Å². The first-order chi connectivity index (χ1) is 21.2. The van der Waals surface area contributed by atoms with Crippen molar-refractivity contribution in [3.8, 4) is 23.0 Å². The first kappa shape index (κ1) is 29.5. The van der Waals surface area contributed by atoms with Gasteiger partial charge in [0.15, 0.2) is 28.1 Å². The van der Waals surface area contributed by atoms with E-state index in [1.807, 2.05) is 26.0 Å². The highest BCUT2D eigenvalue weighted by atomic mass is 32.1. The number of ketones is 1. The minimum atomic E-state index is -0.983. The molecule has 44 heavy (non-hydrogen) atoms. The van der Waals surface area contributed by atoms with E-state index in [2.05, 4.69) is 13.8 Å². The predicted molar refractivity (Wildman–Crippen MR) is 169 cm³/mol. The number of nitrogens with zero attached hydrogens (tertiary/aromatic N) is 2. The molecule has 0 unspecified atom stereocenters. The fraction of sp³-hybridized carbons (Fsp3) is 0.324. The van der Waals surface area contributed by atoms with E-state index < -0.39 is 17.7 Å². The van der Waals surface area contributed by atoms with Gasteiger partial charge in [0, 0.05) is 5.56 Å². The number of hydrogen-bond donors (Lipinski definition) is 1. The molecule has 1 saturated heterocycles. The molecular formula is C34H34N2O7S. The monoisotopic (exact) mass is 614 g/mol. The van der Waals surface area contributed by atoms with E-state index in [1.54, 1.807) is 43.5 Å². The molecule has 6 rings (SSSR count). The molecule has 2 aliphatic rings. The summed E-state index contributed by atoms with van der Waals surface area (Å²) in [5.41, 5.74) is 3.62. The fourth-order valence-corrected chi connectivity index (χ4v) is 6.70. The number of aryl methyl sites for hydroxylation is 2. The zero-order valence-electron chi connectivity index (χ0n) is 25.3. The van der Waals surface area contributed by atoms with Crippen LogP contribution in [0.25, 0.3) is 16.0 Å². The van der Waals surface area contributed by atoms with Crippen molar-refractivity contribution in [3.63, 3.8) is 0 Å². The van der Waals surface area contributed by atoms with Crippen molar-refractivity contribution in [1.29, 1.82) is 0 Å². The van der Waals surface area contributed by atoms with Gasteiger partial charge < -0.3 is 24.1 Å². The molecule has 1 N–H and O–H groups in total. The Bertz CT molecular complexity index is 1810. The van der Waals surface area contributed by atoms with Crippen LogP contribution in [0.5, 0.6) is 23.0 Å². The molecule has 9 nitrogen and oxygen atoms in total. The molecule has 1 atom stereocenters. The summed E-state index contributed by atoms with van der Waals surface area (Å²) in [7, 11) is 1.54. The standard InChI is InChI=1S/C34H34N2O7S/c1-18(2)10-11-41-23-8-6-21(16-25(23)40-5)30-28(31(37)22-7-9-24-26(17-22)43-13-12-42-24)32(38)33(39)36(30)34-35-29-20(4)14-19(3)15-27(29)44-34/h6-9,14-18,30,37H,10-13H2,1-5H3/b31-28+/t30-/m1/s1. The van der Waals surface area contributed by atoms with Gasteiger partial charge >= 0.3 is 5.91 Å². The molecule has 0 spiro atoms. The van der Waals surface area contributed by atoms with Gasteiger partial charge in [0.05, 0.1) is 35.5 Å². The number of anilines is 1. The van der Waals surface area contributed by atoms with Crippen molar-refractivity contribution in [2.75, 3.05) is 31.8 Å². The summed E-state index contributed by atoms with van der Waals surface area (Å²) in [5.74, 6) is 0.553. The lowest BCUT2D eigenvalue weighted by Crippen LogP contribution is -2.29. The van der Waals surface area contributed by atoms with E-state index in [0.717, 1.165) is 27.8 Å². The van der Waals surface area contributed by atoms with Crippen LogP contribution in [0.3, 0.4) is 0 Å². The molecule has 1 aromatic heterocycles. The molecule has 4 aromatic rings. The van der Waals surface area contributed by atoms with Crippen LogP contribution in [0.4, 0.5) is 5.13 Å². The second-order valence-electron chi connectivity index (χ2n) is 11.4. The number of methoxy groups -OCH3 is 1. The number of Topliss-reactive ketones (excluding diaryl/α,β-unsaturated/α-hetero) is 1. The van der Waals surface area contributed by atoms with Gasteiger partial charge in [-0.15, -0.1) is 0 Å². The minimum Gasteiger partial charge on any atom is -0.507 e. The third kappa shape index (κ3) is 5.34. The number of aliphatic hydroxyl groups excluding tert-OH is 1. The van der Waals surface area contributed by atoms with E-state index in [0.29, 0.717) is 65.0 Å². The molecule has 2 aliphatic heterocycles. The van der Waals surface area contributed by atoms with Crippen molar-refractivity contribution < 1.29 is 33.6 Å². The fourth-order valence-electron chi connectivity index (χ4n) is 5.53. The summed E-state index contributed by atoms with van der Waals surface area (Å²) >= 11 is 1.33. The van der Waals surface area contributed by atoms with Crippen LogP contribution in [0.2, 0.25) is 0 Å². The quantitative estimate of drug-likeness (QED) is 0.132. The molecule has 0 bridgehead atoms. The van der Waals surface area contributed by atoms with Crippen molar-refractivity contribution in [3.05, 3.63) is 76.4 Å². The summed E-state index contributed by atoms with van der Waals surface area (Å²) in [4.78, 5) is 33.8. The Balaban J connectivity index is 1.51. The Hall–Kier alpha value is -4.57. The average molecular weight is 615 g/mol. The van der Waals surface area contributed by atoms with Gasteiger partial charge in [-0.2, -0.15) is 0 Å². The van der Waals surface area contributed by atoms with Gasteiger partial charge in [0.25, 0.3) is 5.78 Å². The molecule has 0 saturated carbocycles. The molecule has 10 heteroatoms. The number of rotatable bonds is 8. The van der Waals surface area contributed by atoms with Crippen molar-refractivity contribution in [1.82, 2.24) is 4.98 Å². The van der Waals surface area contributed by atoms with E-state index in [4.69, 9.17) is 23.9 Å². The highest BCUT2D eigenvalue weighted by Gasteiger charge is 2.48. The Kier molecular flexibility index (Phi) is 7.94. The van der Waals surface area contributed by atoms with Crippen molar-refractivity contribution >= 4 is 44.1 Å². The van der Waals surface area contributed by atoms with Crippen LogP contribution in [-0.4, -0.2) is 48.7 Å². The lowest BCUT2D eigenvalue weighted by molar-refractivity contribution is -0.132. The second-order valence-corrected chi connectivity index (χ2v) is 12.4. The van der Waals surface area contributed by atoms with E-state index in [9.17, 15) is 14.7 Å². The van der Waals surface area contributed by atoms with E-state index in [1.165, 1.54) is 16.2 Å². The average Bonchev–Trinajstić information content (AvgIpc) is 3.54. The molecule has 0 radical (unpaired) electrons. The normalized spacial score (nSPS) is 17.5. The summed E-state index contributed by atoms with van der Waals surface area (Å²) in [6.07, 6.45) is 0.872. The Morgan fingerprint density at radius 3 is 2.57 bits per heavy atom. The van der Waals surface area contributed by atoms with Crippen LogP contribution in [0, 0.1) is 19.8 Å². The van der Waals surface area contributed by atoms with E-state index in [-0.39, 0.29) is 11.3 Å². The number of hydrogen-bond acceptors (Lipinski definition) is 9. The zero-order chi connectivity index (χ0) is 31.1. The molecule has 3 aromatic carbocycles. The van der Waals surface area contributed by atoms with Crippen LogP contribution in [0.1, 0.15) is 48.6 Å². The smallest absolute Gasteiger partial charge is 0.301 e. The first-order valence-electron chi connectivity index (χ1n) is 14.6. The van der Waals surface area contributed by atoms with Gasteiger partial charge in [-0.05, 0) is 79.3 Å². The van der Waals surface area contributed by atoms with Gasteiger partial charge in [-0.25, -0.2) is 4.98 Å². The maximum Gasteiger partial charge on any atom is 0.301 e. The zero-order valence-corrected chi connectivity index (χ0v) is 26.1. The predicted octanol–water partition coefficient (Wildman–Crippen LogP) is 6.74. The molecule has 0 aliphatic carbocycles. The van der Waals surface area contributed by atoms with Gasteiger partial charge in [-0.1, -0.05) is 37.3 Å². The van der Waals surface area contributed by atoms with Crippen LogP contribution in [-0.2, 0) is 9.59 Å². The van der Waals surface area contributed by atoms with Gasteiger partial charge in [0.2, 0.25) is 0 Å². The number of aliphatic hydroxyl groups is 1. The van der Waals surface area contributed by atoms with Crippen LogP contribution < -0.4 is 23.8 Å². The van der Waals surface area contributed by atoms with Crippen molar-refractivity contribution in [2.24, 2.45) is 5.92 Å². The number of aromatic nitrogens is 1. The Morgan fingerprint density at radius 2 is 1.82 bits per heavy atom. The third-order valence-corrected chi connectivity index (χ3v) is 8.74. The lowest BCUT2D eigenvalue weighted by Gasteiger charge is -2.24. The number of carbonyl (C=O) groups is 2. The maximum absolute atomic E-state index is 13.8. The number of fused-ring (bicyclic) bond motifs is 2. The van der Waals surface area contributed by atoms with E-state index >= 15 is 0 Å². The third-order valence-electron chi connectivity index (χ3n) is 7.74. The largest absolute Gasteiger partial charge is 0.507 e. The number of carbonyl (C=O) groups excluding carboxylic acids is 2. The van der Waals surface area contributed by atoms with Crippen molar-refractivity contribution in [2.45, 2.75) is 40.2 Å². The molecule has 1 amide bonds. The summed E-state index contributed by atoms with van der Waals surface area (Å²) in [6, 6.07) is 13.3. The summed E-state index contributed by atoms with van der Waals surface area (Å²) in [5, 5.41) is 12.0. The highest BCUT2D eigenvalue weighted by Crippen LogP contribution is 2.47.